The summed E-state index contributed by atoms with van der Waals surface area (Å²) in [4.78, 5) is 23.8. The van der Waals surface area contributed by atoms with Gasteiger partial charge in [-0.3, -0.25) is 4.79 Å². The highest BCUT2D eigenvalue weighted by atomic mass is 16.5. The molecule has 0 aliphatic heterocycles. The lowest BCUT2D eigenvalue weighted by Crippen LogP contribution is -2.39. The Bertz CT molecular complexity index is 682. The Balaban J connectivity index is 1.95. The van der Waals surface area contributed by atoms with E-state index >= 15 is 0 Å². The zero-order valence-electron chi connectivity index (χ0n) is 16.0. The minimum Gasteiger partial charge on any atom is -0.494 e. The van der Waals surface area contributed by atoms with Crippen molar-refractivity contribution in [1.29, 1.82) is 0 Å². The summed E-state index contributed by atoms with van der Waals surface area (Å²) in [5.41, 5.74) is 1.85. The fourth-order valence-corrected chi connectivity index (χ4v) is 2.38. The summed E-state index contributed by atoms with van der Waals surface area (Å²) in [5.74, 6) is 1.36. The van der Waals surface area contributed by atoms with Crippen LogP contribution in [0.4, 0.5) is 0 Å². The van der Waals surface area contributed by atoms with Gasteiger partial charge in [-0.25, -0.2) is 4.98 Å². The summed E-state index contributed by atoms with van der Waals surface area (Å²) < 4.78 is 11.1. The SMILES string of the molecule is CCOc1ccc(OCC(=O)N(CCN(C)C)Cc2nc[nH]c2C)cc1. The minimum absolute atomic E-state index is 0.00905. The largest absolute Gasteiger partial charge is 0.494 e. The van der Waals surface area contributed by atoms with Crippen LogP contribution < -0.4 is 9.47 Å². The molecule has 0 fully saturated rings. The van der Waals surface area contributed by atoms with Gasteiger partial charge in [0.05, 0.1) is 25.2 Å². The van der Waals surface area contributed by atoms with Crippen LogP contribution in [0, 0.1) is 6.92 Å². The predicted octanol–water partition coefficient (Wildman–Crippen LogP) is 2.09. The Hall–Kier alpha value is -2.54. The molecule has 1 N–H and O–H groups in total. The van der Waals surface area contributed by atoms with Crippen LogP contribution in [0.1, 0.15) is 18.3 Å². The number of ether oxygens (including phenoxy) is 2. The molecular weight excluding hydrogens is 332 g/mol. The number of benzene rings is 1. The summed E-state index contributed by atoms with van der Waals surface area (Å²) in [6.07, 6.45) is 1.65. The lowest BCUT2D eigenvalue weighted by Gasteiger charge is -2.24. The third-order valence-electron chi connectivity index (χ3n) is 3.94. The molecular formula is C19H28N4O3. The van der Waals surface area contributed by atoms with Crippen LogP contribution in [0.25, 0.3) is 0 Å². The third kappa shape index (κ3) is 6.07. The molecule has 1 heterocycles. The number of hydrogen-bond acceptors (Lipinski definition) is 5. The molecule has 7 nitrogen and oxygen atoms in total. The van der Waals surface area contributed by atoms with E-state index in [9.17, 15) is 4.79 Å². The number of likely N-dealkylation sites (N-methyl/N-ethyl adjacent to an activating group) is 1. The predicted molar refractivity (Wildman–Crippen MR) is 100 cm³/mol. The second kappa shape index (κ2) is 9.82. The summed E-state index contributed by atoms with van der Waals surface area (Å²) >= 11 is 0. The first-order valence-electron chi connectivity index (χ1n) is 8.76. The Kier molecular flexibility index (Phi) is 7.47. The van der Waals surface area contributed by atoms with E-state index in [1.807, 2.05) is 45.0 Å². The van der Waals surface area contributed by atoms with Gasteiger partial charge in [-0.05, 0) is 52.2 Å². The van der Waals surface area contributed by atoms with Gasteiger partial charge in [0.2, 0.25) is 0 Å². The summed E-state index contributed by atoms with van der Waals surface area (Å²) in [6, 6.07) is 7.28. The Morgan fingerprint density at radius 2 is 1.77 bits per heavy atom. The van der Waals surface area contributed by atoms with Gasteiger partial charge in [0.25, 0.3) is 5.91 Å². The van der Waals surface area contributed by atoms with Crippen molar-refractivity contribution in [2.75, 3.05) is 40.4 Å². The number of amides is 1. The maximum Gasteiger partial charge on any atom is 0.260 e. The normalized spacial score (nSPS) is 10.8. The number of carbonyl (C=O) groups is 1. The molecule has 26 heavy (non-hydrogen) atoms. The monoisotopic (exact) mass is 360 g/mol. The number of aryl methyl sites for hydroxylation is 1. The average molecular weight is 360 g/mol. The molecule has 1 amide bonds. The van der Waals surface area contributed by atoms with Crippen LogP contribution in [0.15, 0.2) is 30.6 Å². The number of aromatic amines is 1. The van der Waals surface area contributed by atoms with Crippen molar-refractivity contribution in [1.82, 2.24) is 19.8 Å². The maximum atomic E-state index is 12.7. The molecule has 0 atom stereocenters. The van der Waals surface area contributed by atoms with E-state index in [2.05, 4.69) is 9.97 Å². The van der Waals surface area contributed by atoms with E-state index in [0.717, 1.165) is 23.7 Å². The smallest absolute Gasteiger partial charge is 0.260 e. The van der Waals surface area contributed by atoms with Gasteiger partial charge in [0, 0.05) is 18.8 Å². The highest BCUT2D eigenvalue weighted by Crippen LogP contribution is 2.17. The van der Waals surface area contributed by atoms with Crippen molar-refractivity contribution in [2.24, 2.45) is 0 Å². The van der Waals surface area contributed by atoms with Crippen LogP contribution in [-0.4, -0.2) is 66.1 Å². The van der Waals surface area contributed by atoms with Gasteiger partial charge < -0.3 is 24.3 Å². The highest BCUT2D eigenvalue weighted by Gasteiger charge is 2.17. The van der Waals surface area contributed by atoms with Gasteiger partial charge in [-0.15, -0.1) is 0 Å². The van der Waals surface area contributed by atoms with Gasteiger partial charge in [0.15, 0.2) is 6.61 Å². The Labute approximate surface area is 154 Å². The second-order valence-electron chi connectivity index (χ2n) is 6.29. The van der Waals surface area contributed by atoms with E-state index in [-0.39, 0.29) is 12.5 Å². The molecule has 2 rings (SSSR count). The van der Waals surface area contributed by atoms with Crippen molar-refractivity contribution >= 4 is 5.91 Å². The fourth-order valence-electron chi connectivity index (χ4n) is 2.38. The number of rotatable bonds is 10. The van der Waals surface area contributed by atoms with Crippen molar-refractivity contribution in [2.45, 2.75) is 20.4 Å². The first kappa shape index (κ1) is 19.8. The number of nitrogens with zero attached hydrogens (tertiary/aromatic N) is 3. The van der Waals surface area contributed by atoms with Crippen LogP contribution >= 0.6 is 0 Å². The molecule has 142 valence electrons. The molecule has 2 aromatic rings. The number of hydrogen-bond donors (Lipinski definition) is 1. The van der Waals surface area contributed by atoms with Crippen LogP contribution in [0.2, 0.25) is 0 Å². The molecule has 7 heteroatoms. The summed E-state index contributed by atoms with van der Waals surface area (Å²) in [6.45, 7) is 6.36. The van der Waals surface area contributed by atoms with Gasteiger partial charge in [-0.1, -0.05) is 0 Å². The Morgan fingerprint density at radius 1 is 1.12 bits per heavy atom. The number of H-pyrrole nitrogens is 1. The topological polar surface area (TPSA) is 70.7 Å². The molecule has 1 aromatic heterocycles. The molecule has 0 radical (unpaired) electrons. The van der Waals surface area contributed by atoms with Crippen molar-refractivity contribution in [3.63, 3.8) is 0 Å². The van der Waals surface area contributed by atoms with Gasteiger partial charge >= 0.3 is 0 Å². The van der Waals surface area contributed by atoms with E-state index < -0.39 is 0 Å². The standard InChI is InChI=1S/C19H28N4O3/c1-5-25-16-6-8-17(9-7-16)26-13-19(24)23(11-10-22(3)4)12-18-15(2)20-14-21-18/h6-9,14H,5,10-13H2,1-4H3,(H,20,21). The summed E-state index contributed by atoms with van der Waals surface area (Å²) in [5, 5.41) is 0. The molecule has 0 aliphatic carbocycles. The van der Waals surface area contributed by atoms with Crippen LogP contribution in [0.3, 0.4) is 0 Å². The molecule has 1 aromatic carbocycles. The quantitative estimate of drug-likeness (QED) is 0.702. The molecule has 0 unspecified atom stereocenters. The molecule has 0 saturated carbocycles. The minimum atomic E-state index is -0.0665. The fraction of sp³-hybridized carbons (Fsp3) is 0.474. The van der Waals surface area contributed by atoms with E-state index in [4.69, 9.17) is 9.47 Å². The highest BCUT2D eigenvalue weighted by molar-refractivity contribution is 5.77. The Morgan fingerprint density at radius 3 is 2.31 bits per heavy atom. The van der Waals surface area contributed by atoms with Gasteiger partial charge in [0.1, 0.15) is 11.5 Å². The zero-order valence-corrected chi connectivity index (χ0v) is 16.0. The maximum absolute atomic E-state index is 12.7. The lowest BCUT2D eigenvalue weighted by atomic mass is 10.3. The van der Waals surface area contributed by atoms with Crippen LogP contribution in [0.5, 0.6) is 11.5 Å². The molecule has 0 spiro atoms. The van der Waals surface area contributed by atoms with Crippen molar-refractivity contribution < 1.29 is 14.3 Å². The molecule has 0 saturated heterocycles. The van der Waals surface area contributed by atoms with E-state index in [0.29, 0.717) is 25.4 Å². The number of carbonyl (C=O) groups excluding carboxylic acids is 1. The molecule has 0 bridgehead atoms. The van der Waals surface area contributed by atoms with Crippen molar-refractivity contribution in [3.05, 3.63) is 42.0 Å². The third-order valence-corrected chi connectivity index (χ3v) is 3.94. The zero-order chi connectivity index (χ0) is 18.9. The number of nitrogens with one attached hydrogen (secondary N) is 1. The number of aromatic nitrogens is 2. The average Bonchev–Trinajstić information content (AvgIpc) is 3.02. The first-order chi connectivity index (χ1) is 12.5. The second-order valence-corrected chi connectivity index (χ2v) is 6.29. The summed E-state index contributed by atoms with van der Waals surface area (Å²) in [7, 11) is 3.97. The van der Waals surface area contributed by atoms with Gasteiger partial charge in [-0.2, -0.15) is 0 Å². The van der Waals surface area contributed by atoms with E-state index in [1.54, 1.807) is 23.4 Å². The molecule has 0 aliphatic rings. The van der Waals surface area contributed by atoms with Crippen molar-refractivity contribution in [3.8, 4) is 11.5 Å². The lowest BCUT2D eigenvalue weighted by molar-refractivity contribution is -0.134. The van der Waals surface area contributed by atoms with Crippen LogP contribution in [-0.2, 0) is 11.3 Å². The van der Waals surface area contributed by atoms with E-state index in [1.165, 1.54) is 0 Å². The number of imidazole rings is 1. The first-order valence-corrected chi connectivity index (χ1v) is 8.76.